The van der Waals surface area contributed by atoms with Crippen molar-refractivity contribution in [2.75, 3.05) is 23.8 Å². The molecule has 7 heteroatoms. The van der Waals surface area contributed by atoms with Gasteiger partial charge < -0.3 is 15.0 Å². The number of ether oxygens (including phenoxy) is 1. The average molecular weight is 366 g/mol. The quantitative estimate of drug-likeness (QED) is 0.837. The van der Waals surface area contributed by atoms with E-state index in [0.29, 0.717) is 28.8 Å². The van der Waals surface area contributed by atoms with Crippen LogP contribution in [-0.2, 0) is 4.74 Å². The van der Waals surface area contributed by atoms with Crippen LogP contribution in [0.15, 0.2) is 42.6 Å². The summed E-state index contributed by atoms with van der Waals surface area (Å²) < 4.78 is 5.84. The Morgan fingerprint density at radius 3 is 2.89 bits per heavy atom. The first-order chi connectivity index (χ1) is 13.0. The van der Waals surface area contributed by atoms with E-state index in [0.717, 1.165) is 19.4 Å². The summed E-state index contributed by atoms with van der Waals surface area (Å²) in [7, 11) is 2.07. The Labute approximate surface area is 157 Å². The van der Waals surface area contributed by atoms with Gasteiger partial charge in [-0.25, -0.2) is 14.7 Å². The fourth-order valence-electron chi connectivity index (χ4n) is 3.57. The van der Waals surface area contributed by atoms with E-state index in [1.165, 1.54) is 4.90 Å². The summed E-state index contributed by atoms with van der Waals surface area (Å²) in [4.78, 5) is 33.7. The Hall–Kier alpha value is -2.93. The van der Waals surface area contributed by atoms with E-state index >= 15 is 0 Å². The number of hydrogen-bond acceptors (Lipinski definition) is 5. The van der Waals surface area contributed by atoms with Gasteiger partial charge in [0.05, 0.1) is 16.9 Å². The topological polar surface area (TPSA) is 74.8 Å². The highest BCUT2D eigenvalue weighted by Gasteiger charge is 2.34. The van der Waals surface area contributed by atoms with Crippen LogP contribution in [0.25, 0.3) is 0 Å². The summed E-state index contributed by atoms with van der Waals surface area (Å²) in [5.74, 6) is 0.0878. The number of rotatable bonds is 1. The molecule has 0 unspecified atom stereocenters. The summed E-state index contributed by atoms with van der Waals surface area (Å²) >= 11 is 0. The van der Waals surface area contributed by atoms with Crippen LogP contribution >= 0.6 is 0 Å². The highest BCUT2D eigenvalue weighted by Crippen LogP contribution is 2.37. The van der Waals surface area contributed by atoms with Crippen molar-refractivity contribution in [1.29, 1.82) is 0 Å². The number of anilines is 3. The third-order valence-corrected chi connectivity index (χ3v) is 5.25. The maximum atomic E-state index is 13.2. The van der Waals surface area contributed by atoms with Crippen molar-refractivity contribution >= 4 is 29.2 Å². The number of carbonyl (C=O) groups excluding carboxylic acids is 2. The standard InChI is InChI=1S/C20H22N4O3/c1-13-12-14(9-11-23(13)2)27-20(26)24-17-8-4-3-6-15(17)19(25)22-16-7-5-10-21-18(16)24/h3-8,10,13-14H,9,11-12H2,1-2H3,(H,22,25)/t13-,14+/m0/s1. The molecule has 1 aromatic heterocycles. The molecule has 2 amide bonds. The lowest BCUT2D eigenvalue weighted by Gasteiger charge is -2.35. The van der Waals surface area contributed by atoms with Gasteiger partial charge in [-0.3, -0.25) is 4.79 Å². The maximum Gasteiger partial charge on any atom is 0.420 e. The minimum absolute atomic E-state index is 0.157. The molecule has 140 valence electrons. The number of fused-ring (bicyclic) bond motifs is 2. The third kappa shape index (κ3) is 3.26. The van der Waals surface area contributed by atoms with Crippen LogP contribution in [0.1, 0.15) is 30.1 Å². The van der Waals surface area contributed by atoms with Crippen molar-refractivity contribution in [2.45, 2.75) is 31.9 Å². The van der Waals surface area contributed by atoms with Crippen LogP contribution in [0.5, 0.6) is 0 Å². The molecule has 1 fully saturated rings. The molecule has 0 radical (unpaired) electrons. The molecule has 2 atom stereocenters. The first kappa shape index (κ1) is 17.5. The number of amides is 2. The summed E-state index contributed by atoms with van der Waals surface area (Å²) in [6.07, 6.45) is 2.49. The van der Waals surface area contributed by atoms with Crippen molar-refractivity contribution in [3.8, 4) is 0 Å². The number of piperidine rings is 1. The van der Waals surface area contributed by atoms with Gasteiger partial charge in [0.15, 0.2) is 5.82 Å². The maximum absolute atomic E-state index is 13.2. The molecule has 0 saturated carbocycles. The number of benzene rings is 1. The fourth-order valence-corrected chi connectivity index (χ4v) is 3.57. The van der Waals surface area contributed by atoms with Gasteiger partial charge >= 0.3 is 6.09 Å². The van der Waals surface area contributed by atoms with Crippen LogP contribution in [0.3, 0.4) is 0 Å². The molecular weight excluding hydrogens is 344 g/mol. The number of pyridine rings is 1. The summed E-state index contributed by atoms with van der Waals surface area (Å²) in [5.41, 5.74) is 1.36. The van der Waals surface area contributed by atoms with Crippen molar-refractivity contribution in [3.63, 3.8) is 0 Å². The second-order valence-corrected chi connectivity index (χ2v) is 7.04. The Morgan fingerprint density at radius 2 is 2.07 bits per heavy atom. The molecule has 0 spiro atoms. The SMILES string of the molecule is C[C@H]1C[C@H](OC(=O)N2c3ccccc3C(=O)Nc3cccnc32)CCN1C. The zero-order chi connectivity index (χ0) is 19.0. The van der Waals surface area contributed by atoms with Gasteiger partial charge in [-0.2, -0.15) is 0 Å². The molecule has 4 rings (SSSR count). The van der Waals surface area contributed by atoms with Gasteiger partial charge in [-0.05, 0) is 51.1 Å². The van der Waals surface area contributed by atoms with Crippen LogP contribution in [0, 0.1) is 0 Å². The number of carbonyl (C=O) groups is 2. The minimum atomic E-state index is -0.513. The predicted molar refractivity (Wildman–Crippen MR) is 102 cm³/mol. The van der Waals surface area contributed by atoms with E-state index < -0.39 is 6.09 Å². The fraction of sp³-hybridized carbons (Fsp3) is 0.350. The summed E-state index contributed by atoms with van der Waals surface area (Å²) in [5, 5.41) is 2.82. The first-order valence-electron chi connectivity index (χ1n) is 9.11. The van der Waals surface area contributed by atoms with Crippen molar-refractivity contribution in [1.82, 2.24) is 9.88 Å². The molecular formula is C20H22N4O3. The lowest BCUT2D eigenvalue weighted by Crippen LogP contribution is -2.43. The van der Waals surface area contributed by atoms with Crippen molar-refractivity contribution in [2.24, 2.45) is 0 Å². The van der Waals surface area contributed by atoms with E-state index in [4.69, 9.17) is 4.74 Å². The van der Waals surface area contributed by atoms with Crippen molar-refractivity contribution < 1.29 is 14.3 Å². The smallest absolute Gasteiger partial charge is 0.420 e. The second kappa shape index (κ2) is 7.00. The van der Waals surface area contributed by atoms with Crippen molar-refractivity contribution in [3.05, 3.63) is 48.2 Å². The molecule has 0 aliphatic carbocycles. The van der Waals surface area contributed by atoms with Gasteiger partial charge in [0.1, 0.15) is 6.10 Å². The molecule has 2 aliphatic heterocycles. The normalized spacial score (nSPS) is 22.3. The number of aromatic nitrogens is 1. The van der Waals surface area contributed by atoms with Crippen LogP contribution in [-0.4, -0.2) is 47.6 Å². The van der Waals surface area contributed by atoms with E-state index in [9.17, 15) is 9.59 Å². The highest BCUT2D eigenvalue weighted by atomic mass is 16.6. The van der Waals surface area contributed by atoms with E-state index in [1.54, 1.807) is 42.6 Å². The second-order valence-electron chi connectivity index (χ2n) is 7.04. The van der Waals surface area contributed by atoms with E-state index in [2.05, 4.69) is 29.2 Å². The van der Waals surface area contributed by atoms with Crippen LogP contribution in [0.2, 0.25) is 0 Å². The number of para-hydroxylation sites is 1. The molecule has 1 aromatic carbocycles. The molecule has 3 heterocycles. The Morgan fingerprint density at radius 1 is 1.26 bits per heavy atom. The average Bonchev–Trinajstić information content (AvgIpc) is 2.79. The summed E-state index contributed by atoms with van der Waals surface area (Å²) in [6, 6.07) is 10.8. The third-order valence-electron chi connectivity index (χ3n) is 5.25. The molecule has 7 nitrogen and oxygen atoms in total. The molecule has 27 heavy (non-hydrogen) atoms. The van der Waals surface area contributed by atoms with E-state index in [1.807, 2.05) is 0 Å². The molecule has 1 saturated heterocycles. The number of hydrogen-bond donors (Lipinski definition) is 1. The zero-order valence-corrected chi connectivity index (χ0v) is 15.4. The van der Waals surface area contributed by atoms with Crippen LogP contribution < -0.4 is 10.2 Å². The molecule has 2 aromatic rings. The summed E-state index contributed by atoms with van der Waals surface area (Å²) in [6.45, 7) is 3.01. The number of likely N-dealkylation sites (tertiary alicyclic amines) is 1. The monoisotopic (exact) mass is 366 g/mol. The Kier molecular flexibility index (Phi) is 4.53. The van der Waals surface area contributed by atoms with E-state index in [-0.39, 0.29) is 12.0 Å². The van der Waals surface area contributed by atoms with Gasteiger partial charge in [0.2, 0.25) is 0 Å². The molecule has 2 aliphatic rings. The highest BCUT2D eigenvalue weighted by molar-refractivity contribution is 6.16. The first-order valence-corrected chi connectivity index (χ1v) is 9.11. The number of nitrogens with zero attached hydrogens (tertiary/aromatic N) is 3. The van der Waals surface area contributed by atoms with Gasteiger partial charge in [0, 0.05) is 18.8 Å². The lowest BCUT2D eigenvalue weighted by molar-refractivity contribution is 0.0416. The Bertz CT molecular complexity index is 885. The molecule has 0 bridgehead atoms. The lowest BCUT2D eigenvalue weighted by atomic mass is 10.0. The number of nitrogens with one attached hydrogen (secondary N) is 1. The van der Waals surface area contributed by atoms with Gasteiger partial charge in [-0.1, -0.05) is 12.1 Å². The minimum Gasteiger partial charge on any atom is -0.445 e. The molecule has 1 N–H and O–H groups in total. The predicted octanol–water partition coefficient (Wildman–Crippen LogP) is 3.40. The van der Waals surface area contributed by atoms with Gasteiger partial charge in [0.25, 0.3) is 5.91 Å². The van der Waals surface area contributed by atoms with Gasteiger partial charge in [-0.15, -0.1) is 0 Å². The largest absolute Gasteiger partial charge is 0.445 e. The Balaban J connectivity index is 1.70. The zero-order valence-electron chi connectivity index (χ0n) is 15.4. The van der Waals surface area contributed by atoms with Crippen LogP contribution in [0.4, 0.5) is 22.0 Å².